The molecule has 1 saturated carbocycles. The minimum Gasteiger partial charge on any atom is -0.380 e. The van der Waals surface area contributed by atoms with Gasteiger partial charge in [0.2, 0.25) is 0 Å². The Kier molecular flexibility index (Phi) is 4.45. The number of nitrogens with one attached hydrogen (secondary N) is 1. The number of benzene rings is 2. The molecule has 3 aromatic rings. The van der Waals surface area contributed by atoms with Crippen LogP contribution in [0.4, 0.5) is 5.69 Å². The normalized spacial score (nSPS) is 13.6. The molecule has 1 amide bonds. The molecule has 0 bridgehead atoms. The van der Waals surface area contributed by atoms with Crippen LogP contribution in [0.1, 0.15) is 34.8 Å². The zero-order valence-electron chi connectivity index (χ0n) is 14.4. The minimum absolute atomic E-state index is 0.165. The minimum atomic E-state index is -0.165. The molecular weight excluding hydrogens is 330 g/mol. The SMILES string of the molecule is COCc1cccc(C(=O)Nc2cccc(-c3nnnn3C3CC3)c2)c1. The van der Waals surface area contributed by atoms with Crippen LogP contribution >= 0.6 is 0 Å². The van der Waals surface area contributed by atoms with Crippen molar-refractivity contribution in [2.45, 2.75) is 25.5 Å². The Morgan fingerprint density at radius 3 is 2.88 bits per heavy atom. The van der Waals surface area contributed by atoms with E-state index >= 15 is 0 Å². The number of tetrazole rings is 1. The highest BCUT2D eigenvalue weighted by Gasteiger charge is 2.28. The van der Waals surface area contributed by atoms with E-state index in [1.54, 1.807) is 13.2 Å². The molecule has 1 aromatic heterocycles. The zero-order chi connectivity index (χ0) is 17.9. The standard InChI is InChI=1S/C19H19N5O2/c1-26-12-13-4-2-6-15(10-13)19(25)20-16-7-3-5-14(11-16)18-21-22-23-24(18)17-8-9-17/h2-7,10-11,17H,8-9,12H2,1H3,(H,20,25). The quantitative estimate of drug-likeness (QED) is 0.739. The van der Waals surface area contributed by atoms with Crippen molar-refractivity contribution in [3.05, 3.63) is 59.7 Å². The fourth-order valence-corrected chi connectivity index (χ4v) is 2.86. The van der Waals surface area contributed by atoms with Crippen LogP contribution in [0.3, 0.4) is 0 Å². The van der Waals surface area contributed by atoms with Gasteiger partial charge in [0.25, 0.3) is 5.91 Å². The van der Waals surface area contributed by atoms with Crippen LogP contribution in [-0.4, -0.2) is 33.2 Å². The topological polar surface area (TPSA) is 81.9 Å². The summed E-state index contributed by atoms with van der Waals surface area (Å²) in [6, 6.07) is 15.4. The van der Waals surface area contributed by atoms with Gasteiger partial charge in [-0.05, 0) is 53.1 Å². The molecule has 2 aromatic carbocycles. The highest BCUT2D eigenvalue weighted by molar-refractivity contribution is 6.04. The monoisotopic (exact) mass is 349 g/mol. The van der Waals surface area contributed by atoms with Crippen molar-refractivity contribution in [3.8, 4) is 11.4 Å². The summed E-state index contributed by atoms with van der Waals surface area (Å²) in [7, 11) is 1.63. The molecule has 7 heteroatoms. The Bertz CT molecular complexity index is 933. The Balaban J connectivity index is 1.54. The number of aromatic nitrogens is 4. The number of nitrogens with zero attached hydrogens (tertiary/aromatic N) is 4. The molecule has 0 atom stereocenters. The van der Waals surface area contributed by atoms with Gasteiger partial charge in [0.15, 0.2) is 5.82 Å². The van der Waals surface area contributed by atoms with Gasteiger partial charge in [0.05, 0.1) is 12.6 Å². The van der Waals surface area contributed by atoms with Crippen molar-refractivity contribution in [1.82, 2.24) is 20.2 Å². The van der Waals surface area contributed by atoms with Crippen LogP contribution in [0.5, 0.6) is 0 Å². The summed E-state index contributed by atoms with van der Waals surface area (Å²) < 4.78 is 6.98. The van der Waals surface area contributed by atoms with Crippen molar-refractivity contribution in [3.63, 3.8) is 0 Å². The zero-order valence-corrected chi connectivity index (χ0v) is 14.4. The summed E-state index contributed by atoms with van der Waals surface area (Å²) in [5.41, 5.74) is 3.13. The maximum Gasteiger partial charge on any atom is 0.255 e. The maximum atomic E-state index is 12.6. The third-order valence-electron chi connectivity index (χ3n) is 4.26. The van der Waals surface area contributed by atoms with E-state index in [9.17, 15) is 4.79 Å². The van der Waals surface area contributed by atoms with Gasteiger partial charge in [-0.15, -0.1) is 5.10 Å². The maximum absolute atomic E-state index is 12.6. The van der Waals surface area contributed by atoms with Crippen molar-refractivity contribution < 1.29 is 9.53 Å². The number of carbonyl (C=O) groups is 1. The molecule has 132 valence electrons. The lowest BCUT2D eigenvalue weighted by molar-refractivity contribution is 0.102. The molecule has 1 heterocycles. The molecule has 1 N–H and O–H groups in total. The number of rotatable bonds is 6. The molecule has 26 heavy (non-hydrogen) atoms. The van der Waals surface area contributed by atoms with E-state index in [-0.39, 0.29) is 5.91 Å². The van der Waals surface area contributed by atoms with Gasteiger partial charge in [-0.1, -0.05) is 24.3 Å². The summed E-state index contributed by atoms with van der Waals surface area (Å²) in [5, 5.41) is 14.9. The van der Waals surface area contributed by atoms with Crippen molar-refractivity contribution in [1.29, 1.82) is 0 Å². The Morgan fingerprint density at radius 2 is 2.08 bits per heavy atom. The lowest BCUT2D eigenvalue weighted by Gasteiger charge is -2.09. The Labute approximate surface area is 151 Å². The van der Waals surface area contributed by atoms with Crippen LogP contribution in [0, 0.1) is 0 Å². The van der Waals surface area contributed by atoms with Gasteiger partial charge in [-0.25, -0.2) is 4.68 Å². The summed E-state index contributed by atoms with van der Waals surface area (Å²) in [6.45, 7) is 0.473. The number of hydrogen-bond donors (Lipinski definition) is 1. The second-order valence-corrected chi connectivity index (χ2v) is 6.35. The molecule has 1 aliphatic rings. The molecule has 7 nitrogen and oxygen atoms in total. The van der Waals surface area contributed by atoms with Crippen LogP contribution in [0.25, 0.3) is 11.4 Å². The van der Waals surface area contributed by atoms with E-state index < -0.39 is 0 Å². The van der Waals surface area contributed by atoms with Gasteiger partial charge < -0.3 is 10.1 Å². The van der Waals surface area contributed by atoms with Gasteiger partial charge >= 0.3 is 0 Å². The summed E-state index contributed by atoms with van der Waals surface area (Å²) in [5.74, 6) is 0.563. The van der Waals surface area contributed by atoms with Crippen LogP contribution in [0.15, 0.2) is 48.5 Å². The molecule has 1 fully saturated rings. The summed E-state index contributed by atoms with van der Waals surface area (Å²) >= 11 is 0. The first-order chi connectivity index (χ1) is 12.7. The fourth-order valence-electron chi connectivity index (χ4n) is 2.86. The van der Waals surface area contributed by atoms with Crippen LogP contribution in [-0.2, 0) is 11.3 Å². The summed E-state index contributed by atoms with van der Waals surface area (Å²) in [4.78, 5) is 12.6. The average molecular weight is 349 g/mol. The fraction of sp³-hybridized carbons (Fsp3) is 0.263. The number of amides is 1. The average Bonchev–Trinajstić information content (AvgIpc) is 3.39. The molecule has 0 unspecified atom stereocenters. The Hall–Kier alpha value is -3.06. The predicted molar refractivity (Wildman–Crippen MR) is 96.6 cm³/mol. The number of carbonyl (C=O) groups excluding carboxylic acids is 1. The molecular formula is C19H19N5O2. The molecule has 0 saturated heterocycles. The molecule has 1 aliphatic carbocycles. The van der Waals surface area contributed by atoms with Gasteiger partial charge in [-0.2, -0.15) is 0 Å². The lowest BCUT2D eigenvalue weighted by atomic mass is 10.1. The highest BCUT2D eigenvalue weighted by atomic mass is 16.5. The summed E-state index contributed by atoms with van der Waals surface area (Å²) in [6.07, 6.45) is 2.21. The Morgan fingerprint density at radius 1 is 1.23 bits per heavy atom. The first-order valence-electron chi connectivity index (χ1n) is 8.52. The van der Waals surface area contributed by atoms with E-state index in [1.165, 1.54) is 0 Å². The van der Waals surface area contributed by atoms with E-state index in [4.69, 9.17) is 4.74 Å². The molecule has 0 spiro atoms. The van der Waals surface area contributed by atoms with Crippen molar-refractivity contribution >= 4 is 11.6 Å². The van der Waals surface area contributed by atoms with Crippen LogP contribution in [0.2, 0.25) is 0 Å². The molecule has 0 radical (unpaired) electrons. The largest absolute Gasteiger partial charge is 0.380 e. The second-order valence-electron chi connectivity index (χ2n) is 6.35. The van der Waals surface area contributed by atoms with E-state index in [0.717, 1.165) is 29.8 Å². The van der Waals surface area contributed by atoms with Crippen molar-refractivity contribution in [2.75, 3.05) is 12.4 Å². The lowest BCUT2D eigenvalue weighted by Crippen LogP contribution is -2.12. The molecule has 4 rings (SSSR count). The predicted octanol–water partition coefficient (Wildman–Crippen LogP) is 3.07. The van der Waals surface area contributed by atoms with Crippen LogP contribution < -0.4 is 5.32 Å². The van der Waals surface area contributed by atoms with Crippen molar-refractivity contribution in [2.24, 2.45) is 0 Å². The van der Waals surface area contributed by atoms with E-state index in [2.05, 4.69) is 20.8 Å². The van der Waals surface area contributed by atoms with E-state index in [0.29, 0.717) is 23.9 Å². The smallest absolute Gasteiger partial charge is 0.255 e. The first kappa shape index (κ1) is 16.4. The first-order valence-corrected chi connectivity index (χ1v) is 8.52. The van der Waals surface area contributed by atoms with Gasteiger partial charge in [-0.3, -0.25) is 4.79 Å². The highest BCUT2D eigenvalue weighted by Crippen LogP contribution is 2.36. The van der Waals surface area contributed by atoms with E-state index in [1.807, 2.05) is 47.1 Å². The number of anilines is 1. The third kappa shape index (κ3) is 3.48. The molecule has 0 aliphatic heterocycles. The second kappa shape index (κ2) is 7.05. The third-order valence-corrected chi connectivity index (χ3v) is 4.26. The number of hydrogen-bond acceptors (Lipinski definition) is 5. The van der Waals surface area contributed by atoms with Gasteiger partial charge in [0, 0.05) is 23.9 Å². The van der Waals surface area contributed by atoms with Gasteiger partial charge in [0.1, 0.15) is 0 Å². The number of methoxy groups -OCH3 is 1. The number of ether oxygens (including phenoxy) is 1.